The van der Waals surface area contributed by atoms with Gasteiger partial charge in [-0.2, -0.15) is 0 Å². The SMILES string of the molecule is O=C(NCC1(O)C2C3CC4C5C3CC2C5C41)NC1CCN(c2ncccc2Cl)C1. The van der Waals surface area contributed by atoms with E-state index >= 15 is 0 Å². The van der Waals surface area contributed by atoms with E-state index in [2.05, 4.69) is 20.5 Å². The summed E-state index contributed by atoms with van der Waals surface area (Å²) >= 11 is 6.26. The Balaban J connectivity index is 0.983. The Morgan fingerprint density at radius 1 is 1.24 bits per heavy atom. The van der Waals surface area contributed by atoms with Gasteiger partial charge in [0.15, 0.2) is 0 Å². The molecule has 2 heterocycles. The number of nitrogens with one attached hydrogen (secondary N) is 2. The van der Waals surface area contributed by atoms with Gasteiger partial charge in [-0.1, -0.05) is 11.6 Å². The molecule has 7 rings (SSSR count). The number of carbonyl (C=O) groups excluding carboxylic acids is 1. The molecule has 154 valence electrons. The minimum atomic E-state index is -0.662. The fourth-order valence-electron chi connectivity index (χ4n) is 9.10. The van der Waals surface area contributed by atoms with Crippen LogP contribution in [-0.4, -0.2) is 47.4 Å². The number of hydrogen-bond acceptors (Lipinski definition) is 4. The molecule has 1 aromatic heterocycles. The molecule has 5 aliphatic carbocycles. The van der Waals surface area contributed by atoms with Gasteiger partial charge in [0.05, 0.1) is 10.6 Å². The lowest BCUT2D eigenvalue weighted by Crippen LogP contribution is -2.60. The number of fused-ring (bicyclic) bond motifs is 2. The van der Waals surface area contributed by atoms with Gasteiger partial charge in [-0.15, -0.1) is 0 Å². The van der Waals surface area contributed by atoms with Crippen LogP contribution in [0.2, 0.25) is 5.02 Å². The van der Waals surface area contributed by atoms with Gasteiger partial charge in [0, 0.05) is 31.9 Å². The van der Waals surface area contributed by atoms with Crippen molar-refractivity contribution in [3.05, 3.63) is 23.4 Å². The second-order valence-corrected chi connectivity index (χ2v) is 10.8. The van der Waals surface area contributed by atoms with Gasteiger partial charge in [0.25, 0.3) is 0 Å². The molecule has 1 saturated heterocycles. The van der Waals surface area contributed by atoms with Crippen molar-refractivity contribution < 1.29 is 9.90 Å². The summed E-state index contributed by atoms with van der Waals surface area (Å²) in [6, 6.07) is 3.58. The van der Waals surface area contributed by atoms with Crippen LogP contribution in [0.5, 0.6) is 0 Å². The third-order valence-corrected chi connectivity index (χ3v) is 9.91. The van der Waals surface area contributed by atoms with Gasteiger partial charge in [0.1, 0.15) is 5.82 Å². The number of halogens is 1. The number of nitrogens with zero attached hydrogens (tertiary/aromatic N) is 2. The van der Waals surface area contributed by atoms with E-state index in [1.807, 2.05) is 12.1 Å². The summed E-state index contributed by atoms with van der Waals surface area (Å²) in [7, 11) is 0. The molecule has 0 spiro atoms. The number of urea groups is 1. The lowest BCUT2D eigenvalue weighted by Gasteiger charge is -2.51. The number of amides is 2. The van der Waals surface area contributed by atoms with Crippen molar-refractivity contribution in [1.82, 2.24) is 15.6 Å². The van der Waals surface area contributed by atoms with Crippen LogP contribution in [0.25, 0.3) is 0 Å². The molecule has 0 aromatic carbocycles. The Morgan fingerprint density at radius 2 is 2.07 bits per heavy atom. The molecule has 10 unspecified atom stereocenters. The molecule has 6 nitrogen and oxygen atoms in total. The average Bonchev–Trinajstić information content (AvgIpc) is 3.37. The molecule has 3 N–H and O–H groups in total. The van der Waals surface area contributed by atoms with Crippen molar-refractivity contribution >= 4 is 23.4 Å². The summed E-state index contributed by atoms with van der Waals surface area (Å²) in [6.07, 6.45) is 5.31. The smallest absolute Gasteiger partial charge is 0.315 e. The van der Waals surface area contributed by atoms with Crippen LogP contribution >= 0.6 is 11.6 Å². The normalized spacial score (nSPS) is 49.7. The number of pyridine rings is 1. The van der Waals surface area contributed by atoms with E-state index in [1.54, 1.807) is 6.20 Å². The van der Waals surface area contributed by atoms with Crippen LogP contribution in [0, 0.1) is 47.3 Å². The lowest BCUT2D eigenvalue weighted by atomic mass is 9.56. The van der Waals surface area contributed by atoms with E-state index in [-0.39, 0.29) is 12.1 Å². The van der Waals surface area contributed by atoms with Crippen LogP contribution in [0.1, 0.15) is 19.3 Å². The van der Waals surface area contributed by atoms with Gasteiger partial charge in [-0.3, -0.25) is 0 Å². The van der Waals surface area contributed by atoms with Gasteiger partial charge < -0.3 is 20.6 Å². The van der Waals surface area contributed by atoms with E-state index in [0.717, 1.165) is 54.3 Å². The molecule has 1 aliphatic heterocycles. The number of rotatable bonds is 4. The first kappa shape index (κ1) is 17.2. The number of aromatic nitrogens is 1. The van der Waals surface area contributed by atoms with Crippen molar-refractivity contribution in [1.29, 1.82) is 0 Å². The van der Waals surface area contributed by atoms with E-state index in [1.165, 1.54) is 12.8 Å². The molecule has 0 radical (unpaired) electrons. The van der Waals surface area contributed by atoms with Crippen molar-refractivity contribution in [2.24, 2.45) is 47.3 Å². The van der Waals surface area contributed by atoms with Crippen LogP contribution < -0.4 is 15.5 Å². The Labute approximate surface area is 175 Å². The van der Waals surface area contributed by atoms with Gasteiger partial charge in [-0.25, -0.2) is 9.78 Å². The standard InChI is InChI=1S/C22H27ClN4O2/c23-15-2-1-4-24-20(15)27-5-3-10(8-27)26-21(28)25-9-22(29)18-12-7-13-16-11(12)6-14(18)17(16)19(13)22/h1-2,4,10-14,16-19,29H,3,5-9H2,(H2,25,26,28). The molecule has 5 saturated carbocycles. The average molecular weight is 415 g/mol. The molecule has 6 aliphatic rings. The van der Waals surface area contributed by atoms with Gasteiger partial charge >= 0.3 is 6.03 Å². The highest BCUT2D eigenvalue weighted by molar-refractivity contribution is 6.32. The van der Waals surface area contributed by atoms with Gasteiger partial charge in [-0.05, 0) is 78.7 Å². The zero-order valence-corrected chi connectivity index (χ0v) is 17.1. The molecule has 6 fully saturated rings. The second kappa shape index (κ2) is 5.58. The van der Waals surface area contributed by atoms with Crippen molar-refractivity contribution in [2.45, 2.75) is 30.9 Å². The van der Waals surface area contributed by atoms with E-state index < -0.39 is 5.60 Å². The largest absolute Gasteiger partial charge is 0.387 e. The van der Waals surface area contributed by atoms with Gasteiger partial charge in [0.2, 0.25) is 0 Å². The van der Waals surface area contributed by atoms with Crippen molar-refractivity contribution in [3.63, 3.8) is 0 Å². The summed E-state index contributed by atoms with van der Waals surface area (Å²) in [4.78, 5) is 19.1. The molecular weight excluding hydrogens is 388 g/mol. The molecule has 2 amide bonds. The van der Waals surface area contributed by atoms with Crippen LogP contribution in [0.3, 0.4) is 0 Å². The Hall–Kier alpha value is -1.53. The molecule has 1 aromatic rings. The second-order valence-electron chi connectivity index (χ2n) is 10.4. The topological polar surface area (TPSA) is 77.5 Å². The zero-order valence-electron chi connectivity index (χ0n) is 16.3. The maximum atomic E-state index is 12.6. The fraction of sp³-hybridized carbons (Fsp3) is 0.727. The summed E-state index contributed by atoms with van der Waals surface area (Å²) in [5, 5.41) is 18.4. The summed E-state index contributed by atoms with van der Waals surface area (Å²) < 4.78 is 0. The Bertz CT molecular complexity index is 891. The van der Waals surface area contributed by atoms with Crippen molar-refractivity contribution in [2.75, 3.05) is 24.5 Å². The predicted octanol–water partition coefficient (Wildman–Crippen LogP) is 2.12. The van der Waals surface area contributed by atoms with E-state index in [9.17, 15) is 9.90 Å². The molecular formula is C22H27ClN4O2. The molecule has 29 heavy (non-hydrogen) atoms. The number of carbonyl (C=O) groups is 1. The molecule has 10 atom stereocenters. The first-order chi connectivity index (χ1) is 14.1. The number of hydrogen-bond donors (Lipinski definition) is 3. The summed E-state index contributed by atoms with van der Waals surface area (Å²) in [5.74, 6) is 6.43. The highest BCUT2D eigenvalue weighted by Gasteiger charge is 2.84. The molecule has 7 heteroatoms. The minimum absolute atomic E-state index is 0.0693. The Kier molecular flexibility index (Phi) is 3.31. The van der Waals surface area contributed by atoms with Crippen LogP contribution in [0.4, 0.5) is 10.6 Å². The summed E-state index contributed by atoms with van der Waals surface area (Å²) in [6.45, 7) is 1.94. The first-order valence-corrected chi connectivity index (χ1v) is 11.6. The lowest BCUT2D eigenvalue weighted by molar-refractivity contribution is -0.126. The number of anilines is 1. The predicted molar refractivity (Wildman–Crippen MR) is 109 cm³/mol. The van der Waals surface area contributed by atoms with Crippen LogP contribution in [0.15, 0.2) is 18.3 Å². The fourth-order valence-corrected chi connectivity index (χ4v) is 9.34. The summed E-state index contributed by atoms with van der Waals surface area (Å²) in [5.41, 5.74) is -0.662. The Morgan fingerprint density at radius 3 is 2.93 bits per heavy atom. The number of aliphatic hydroxyl groups is 1. The first-order valence-electron chi connectivity index (χ1n) is 11.2. The quantitative estimate of drug-likeness (QED) is 0.705. The maximum Gasteiger partial charge on any atom is 0.315 e. The van der Waals surface area contributed by atoms with Crippen LogP contribution in [-0.2, 0) is 0 Å². The zero-order chi connectivity index (χ0) is 19.5. The maximum absolute atomic E-state index is 12.6. The molecule has 2 bridgehead atoms. The third kappa shape index (κ3) is 2.03. The van der Waals surface area contributed by atoms with E-state index in [4.69, 9.17) is 11.6 Å². The van der Waals surface area contributed by atoms with E-state index in [0.29, 0.717) is 29.9 Å². The highest BCUT2D eigenvalue weighted by Crippen LogP contribution is 2.85. The third-order valence-electron chi connectivity index (χ3n) is 9.61. The van der Waals surface area contributed by atoms with Crippen molar-refractivity contribution in [3.8, 4) is 0 Å². The monoisotopic (exact) mass is 414 g/mol. The minimum Gasteiger partial charge on any atom is -0.387 e. The highest BCUT2D eigenvalue weighted by atomic mass is 35.5.